The van der Waals surface area contributed by atoms with E-state index in [1.165, 1.54) is 23.0 Å². The van der Waals surface area contributed by atoms with Crippen LogP contribution in [0.2, 0.25) is 5.02 Å². The van der Waals surface area contributed by atoms with Crippen molar-refractivity contribution >= 4 is 41.0 Å². The quantitative estimate of drug-likeness (QED) is 0.397. The van der Waals surface area contributed by atoms with Crippen molar-refractivity contribution in [1.29, 1.82) is 0 Å². The number of carbonyl (C=O) groups excluding carboxylic acids is 2. The Morgan fingerprint density at radius 2 is 1.92 bits per heavy atom. The van der Waals surface area contributed by atoms with Gasteiger partial charge in [-0.25, -0.2) is 9.79 Å². The molecular weight excluding hydrogens is 520 g/mol. The Morgan fingerprint density at radius 1 is 1.19 bits per heavy atom. The van der Waals surface area contributed by atoms with E-state index >= 15 is 0 Å². The normalized spacial score (nSPS) is 15.1. The number of hydrogen-bond acceptors (Lipinski definition) is 9. The Balaban J connectivity index is 1.85. The molecule has 0 amide bonds. The maximum absolute atomic E-state index is 13.7. The van der Waals surface area contributed by atoms with E-state index in [-0.39, 0.29) is 23.5 Å². The predicted octanol–water partition coefficient (Wildman–Crippen LogP) is 1.59. The lowest BCUT2D eigenvalue weighted by Gasteiger charge is -2.24. The van der Waals surface area contributed by atoms with Crippen molar-refractivity contribution in [2.24, 2.45) is 4.99 Å². The molecule has 0 fully saturated rings. The Labute approximate surface area is 220 Å². The van der Waals surface area contributed by atoms with Gasteiger partial charge >= 0.3 is 5.97 Å². The number of fused-ring (bicyclic) bond motifs is 1. The summed E-state index contributed by atoms with van der Waals surface area (Å²) in [7, 11) is 1.42. The summed E-state index contributed by atoms with van der Waals surface area (Å²) in [6, 6.07) is 11.0. The van der Waals surface area contributed by atoms with Crippen LogP contribution in [0.4, 0.5) is 0 Å². The van der Waals surface area contributed by atoms with Crippen LogP contribution in [-0.2, 0) is 14.3 Å². The molecule has 0 aliphatic carbocycles. The molecular formula is C26H22ClN2O7S-. The van der Waals surface area contributed by atoms with Gasteiger partial charge in [-0.15, -0.1) is 0 Å². The molecule has 192 valence electrons. The zero-order valence-corrected chi connectivity index (χ0v) is 21.7. The van der Waals surface area contributed by atoms with E-state index in [0.717, 1.165) is 0 Å². The Morgan fingerprint density at radius 3 is 2.57 bits per heavy atom. The highest BCUT2D eigenvalue weighted by atomic mass is 35.5. The number of aliphatic carboxylic acids is 1. The van der Waals surface area contributed by atoms with Gasteiger partial charge in [0.2, 0.25) is 0 Å². The summed E-state index contributed by atoms with van der Waals surface area (Å²) in [4.78, 5) is 42.3. The first-order valence-corrected chi connectivity index (χ1v) is 12.4. The molecule has 2 heterocycles. The van der Waals surface area contributed by atoms with Crippen molar-refractivity contribution < 1.29 is 28.9 Å². The number of hydrogen-bond donors (Lipinski definition) is 0. The van der Waals surface area contributed by atoms with E-state index in [1.54, 1.807) is 62.4 Å². The fourth-order valence-electron chi connectivity index (χ4n) is 3.93. The molecule has 1 aliphatic heterocycles. The summed E-state index contributed by atoms with van der Waals surface area (Å²) in [5.41, 5.74) is 1.70. The average Bonchev–Trinajstić information content (AvgIpc) is 3.17. The third-order valence-corrected chi connectivity index (χ3v) is 6.77. The first-order valence-electron chi connectivity index (χ1n) is 11.2. The van der Waals surface area contributed by atoms with Gasteiger partial charge in [-0.3, -0.25) is 9.36 Å². The SMILES string of the molecule is CCOC(=O)C1=C(C)N=c2s/c(=C/c3ccc(OCC(=O)[O-])c(OC)c3)c(=O)n2[C@@H]1c1ccc(Cl)cc1. The molecule has 1 aliphatic rings. The molecule has 0 bridgehead atoms. The van der Waals surface area contributed by atoms with Crippen LogP contribution in [0, 0.1) is 0 Å². The van der Waals surface area contributed by atoms with E-state index < -0.39 is 24.6 Å². The van der Waals surface area contributed by atoms with E-state index in [2.05, 4.69) is 4.99 Å². The zero-order valence-electron chi connectivity index (χ0n) is 20.1. The number of aromatic nitrogens is 1. The second kappa shape index (κ2) is 11.0. The number of carbonyl (C=O) groups is 2. The highest BCUT2D eigenvalue weighted by molar-refractivity contribution is 7.07. The minimum atomic E-state index is -1.36. The molecule has 1 atom stereocenters. The molecule has 0 N–H and O–H groups in total. The van der Waals surface area contributed by atoms with Crippen LogP contribution in [0.1, 0.15) is 31.0 Å². The zero-order chi connectivity index (χ0) is 26.7. The first kappa shape index (κ1) is 26.2. The molecule has 9 nitrogen and oxygen atoms in total. The molecule has 0 saturated carbocycles. The molecule has 0 radical (unpaired) electrons. The smallest absolute Gasteiger partial charge is 0.338 e. The fourth-order valence-corrected chi connectivity index (χ4v) is 5.11. The number of methoxy groups -OCH3 is 1. The lowest BCUT2D eigenvalue weighted by Crippen LogP contribution is -2.39. The number of carboxylic acids is 1. The monoisotopic (exact) mass is 541 g/mol. The van der Waals surface area contributed by atoms with Gasteiger partial charge in [0, 0.05) is 5.02 Å². The number of nitrogens with zero attached hydrogens (tertiary/aromatic N) is 2. The van der Waals surface area contributed by atoms with Gasteiger partial charge in [0.25, 0.3) is 5.56 Å². The second-order valence-corrected chi connectivity index (χ2v) is 9.37. The third-order valence-electron chi connectivity index (χ3n) is 5.53. The van der Waals surface area contributed by atoms with Crippen molar-refractivity contribution in [3.8, 4) is 11.5 Å². The van der Waals surface area contributed by atoms with Crippen LogP contribution in [-0.4, -0.2) is 36.8 Å². The third kappa shape index (κ3) is 5.45. The largest absolute Gasteiger partial charge is 0.546 e. The number of ether oxygens (including phenoxy) is 3. The predicted molar refractivity (Wildman–Crippen MR) is 135 cm³/mol. The summed E-state index contributed by atoms with van der Waals surface area (Å²) >= 11 is 7.26. The summed E-state index contributed by atoms with van der Waals surface area (Å²) in [6.07, 6.45) is 1.66. The van der Waals surface area contributed by atoms with Gasteiger partial charge in [-0.2, -0.15) is 0 Å². The lowest BCUT2D eigenvalue weighted by atomic mass is 9.96. The average molecular weight is 542 g/mol. The Hall–Kier alpha value is -3.89. The number of esters is 1. The van der Waals surface area contributed by atoms with Crippen molar-refractivity contribution in [2.45, 2.75) is 19.9 Å². The van der Waals surface area contributed by atoms with Crippen LogP contribution in [0.5, 0.6) is 11.5 Å². The Bertz CT molecular complexity index is 1570. The van der Waals surface area contributed by atoms with Gasteiger partial charge in [-0.05, 0) is 55.3 Å². The number of carboxylic acid groups (broad SMARTS) is 1. The number of benzene rings is 2. The molecule has 2 aromatic carbocycles. The van der Waals surface area contributed by atoms with Crippen molar-refractivity contribution in [2.75, 3.05) is 20.3 Å². The molecule has 0 unspecified atom stereocenters. The van der Waals surface area contributed by atoms with Crippen LogP contribution in [0.25, 0.3) is 6.08 Å². The number of thiazole rings is 1. The standard InChI is InChI=1S/C26H23ClN2O7S/c1-4-35-25(33)22-14(2)28-26-29(23(22)16-6-8-17(27)9-7-16)24(32)20(37-26)12-15-5-10-18(19(11-15)34-3)36-13-21(30)31/h5-12,23H,4,13H2,1-3H3,(H,30,31)/p-1/b20-12+/t23-/m1/s1. The lowest BCUT2D eigenvalue weighted by molar-refractivity contribution is -0.307. The van der Waals surface area contributed by atoms with E-state index in [0.29, 0.717) is 36.9 Å². The number of rotatable bonds is 8. The van der Waals surface area contributed by atoms with E-state index in [9.17, 15) is 19.5 Å². The van der Waals surface area contributed by atoms with Crippen LogP contribution in [0.3, 0.4) is 0 Å². The van der Waals surface area contributed by atoms with Gasteiger partial charge in [0.15, 0.2) is 16.3 Å². The van der Waals surface area contributed by atoms with E-state index in [1.807, 2.05) is 0 Å². The van der Waals surface area contributed by atoms with Gasteiger partial charge in [0.05, 0.1) is 41.5 Å². The van der Waals surface area contributed by atoms with E-state index in [4.69, 9.17) is 25.8 Å². The molecule has 3 aromatic rings. The number of halogens is 1. The second-order valence-electron chi connectivity index (χ2n) is 7.92. The molecule has 4 rings (SSSR count). The topological polar surface area (TPSA) is 119 Å². The summed E-state index contributed by atoms with van der Waals surface area (Å²) < 4.78 is 17.6. The van der Waals surface area contributed by atoms with Gasteiger partial charge in [0.1, 0.15) is 6.61 Å². The highest BCUT2D eigenvalue weighted by Gasteiger charge is 2.33. The maximum Gasteiger partial charge on any atom is 0.338 e. The maximum atomic E-state index is 13.7. The molecule has 11 heteroatoms. The van der Waals surface area contributed by atoms with Crippen LogP contribution in [0.15, 0.2) is 63.5 Å². The minimum absolute atomic E-state index is 0.178. The molecule has 0 spiro atoms. The molecule has 37 heavy (non-hydrogen) atoms. The van der Waals surface area contributed by atoms with Gasteiger partial charge < -0.3 is 24.1 Å². The van der Waals surface area contributed by atoms with Crippen LogP contribution >= 0.6 is 22.9 Å². The highest BCUT2D eigenvalue weighted by Crippen LogP contribution is 2.31. The molecule has 0 saturated heterocycles. The first-order chi connectivity index (χ1) is 17.7. The van der Waals surface area contributed by atoms with Crippen LogP contribution < -0.4 is 29.5 Å². The summed E-state index contributed by atoms with van der Waals surface area (Å²) in [6.45, 7) is 2.98. The minimum Gasteiger partial charge on any atom is -0.546 e. The number of allylic oxidation sites excluding steroid dienone is 1. The summed E-state index contributed by atoms with van der Waals surface area (Å²) in [5, 5.41) is 11.2. The van der Waals surface area contributed by atoms with Crippen molar-refractivity contribution in [1.82, 2.24) is 4.57 Å². The summed E-state index contributed by atoms with van der Waals surface area (Å²) in [5.74, 6) is -1.39. The van der Waals surface area contributed by atoms with Crippen molar-refractivity contribution in [3.63, 3.8) is 0 Å². The Kier molecular flexibility index (Phi) is 7.80. The van der Waals surface area contributed by atoms with Gasteiger partial charge in [-0.1, -0.05) is 41.1 Å². The fraction of sp³-hybridized carbons (Fsp3) is 0.231. The molecule has 1 aromatic heterocycles. The van der Waals surface area contributed by atoms with Crippen molar-refractivity contribution in [3.05, 3.63) is 89.6 Å².